The third-order valence-electron chi connectivity index (χ3n) is 3.89. The van der Waals surface area contributed by atoms with Crippen molar-refractivity contribution in [2.75, 3.05) is 7.11 Å². The number of carboxylic acids is 1. The third-order valence-corrected chi connectivity index (χ3v) is 3.89. The van der Waals surface area contributed by atoms with E-state index in [2.05, 4.69) is 10.5 Å². The number of aliphatic carboxylic acids is 1. The van der Waals surface area contributed by atoms with E-state index in [-0.39, 0.29) is 11.5 Å². The molecule has 0 fully saturated rings. The third kappa shape index (κ3) is 4.12. The highest BCUT2D eigenvalue weighted by Gasteiger charge is 2.18. The number of ether oxygens (including phenoxy) is 2. The van der Waals surface area contributed by atoms with Crippen LogP contribution < -0.4 is 14.9 Å². The molecular formula is C20H18N2O6. The molecule has 0 bridgehead atoms. The van der Waals surface area contributed by atoms with Crippen molar-refractivity contribution in [3.05, 3.63) is 59.9 Å². The summed E-state index contributed by atoms with van der Waals surface area (Å²) in [6.07, 6.45) is 0.251. The first-order valence-electron chi connectivity index (χ1n) is 8.38. The lowest BCUT2D eigenvalue weighted by atomic mass is 10.2. The van der Waals surface area contributed by atoms with Crippen LogP contribution in [-0.4, -0.2) is 36.4 Å². The Labute approximate surface area is 160 Å². The molecule has 0 aliphatic rings. The van der Waals surface area contributed by atoms with E-state index in [0.717, 1.165) is 5.39 Å². The van der Waals surface area contributed by atoms with Gasteiger partial charge in [-0.3, -0.25) is 4.79 Å². The molecule has 8 nitrogen and oxygen atoms in total. The number of hydrogen-bond donors (Lipinski definition) is 2. The van der Waals surface area contributed by atoms with E-state index >= 15 is 0 Å². The topological polar surface area (TPSA) is 110 Å². The second-order valence-corrected chi connectivity index (χ2v) is 5.82. The van der Waals surface area contributed by atoms with Gasteiger partial charge in [-0.15, -0.1) is 0 Å². The number of carbonyl (C=O) groups is 2. The van der Waals surface area contributed by atoms with E-state index in [0.29, 0.717) is 16.9 Å². The van der Waals surface area contributed by atoms with Crippen LogP contribution in [0, 0.1) is 0 Å². The van der Waals surface area contributed by atoms with Crippen LogP contribution >= 0.6 is 0 Å². The smallest absolute Gasteiger partial charge is 0.344 e. The fourth-order valence-corrected chi connectivity index (χ4v) is 2.46. The highest BCUT2D eigenvalue weighted by molar-refractivity contribution is 5.96. The number of para-hydroxylation sites is 2. The molecule has 8 heteroatoms. The summed E-state index contributed by atoms with van der Waals surface area (Å²) >= 11 is 0. The highest BCUT2D eigenvalue weighted by Crippen LogP contribution is 2.31. The molecule has 0 saturated carbocycles. The normalized spacial score (nSPS) is 12.1. The largest absolute Gasteiger partial charge is 0.493 e. The Morgan fingerprint density at radius 3 is 2.71 bits per heavy atom. The number of carboxylic acid groups (broad SMARTS) is 1. The molecule has 3 aromatic rings. The standard InChI is InChI=1S/C20H18N2O6/c1-12(20(24)25)27-18-14(7-5-9-16(18)26-2)11-21-22-19(23)17-10-13-6-3-4-8-15(13)28-17/h3-12H,1-2H3,(H,22,23)(H,24,25)/b21-11+/t12-/m0/s1. The van der Waals surface area contributed by atoms with Gasteiger partial charge in [0.05, 0.1) is 13.3 Å². The van der Waals surface area contributed by atoms with Gasteiger partial charge in [-0.2, -0.15) is 5.10 Å². The van der Waals surface area contributed by atoms with Gasteiger partial charge in [0.25, 0.3) is 0 Å². The molecule has 2 N–H and O–H groups in total. The summed E-state index contributed by atoms with van der Waals surface area (Å²) in [5, 5.41) is 13.8. The van der Waals surface area contributed by atoms with Gasteiger partial charge in [0.2, 0.25) is 0 Å². The molecule has 0 aliphatic heterocycles. The second-order valence-electron chi connectivity index (χ2n) is 5.82. The minimum atomic E-state index is -1.12. The maximum Gasteiger partial charge on any atom is 0.344 e. The van der Waals surface area contributed by atoms with E-state index in [1.54, 1.807) is 30.3 Å². The number of hydrazone groups is 1. The second kappa shape index (κ2) is 8.26. The number of fused-ring (bicyclic) bond motifs is 1. The van der Waals surface area contributed by atoms with Crippen LogP contribution in [0.25, 0.3) is 11.0 Å². The Bertz CT molecular complexity index is 1010. The van der Waals surface area contributed by atoms with Crippen molar-refractivity contribution in [1.29, 1.82) is 0 Å². The zero-order valence-corrected chi connectivity index (χ0v) is 15.2. The molecule has 0 unspecified atom stereocenters. The van der Waals surface area contributed by atoms with Crippen LogP contribution in [0.15, 0.2) is 58.0 Å². The van der Waals surface area contributed by atoms with Gasteiger partial charge in [0, 0.05) is 10.9 Å². The Kier molecular flexibility index (Phi) is 5.59. The average molecular weight is 382 g/mol. The molecule has 1 atom stereocenters. The van der Waals surface area contributed by atoms with Crippen LogP contribution in [0.2, 0.25) is 0 Å². The Hall–Kier alpha value is -3.81. The van der Waals surface area contributed by atoms with Gasteiger partial charge in [-0.05, 0) is 31.2 Å². The molecule has 0 spiro atoms. The Morgan fingerprint density at radius 1 is 1.21 bits per heavy atom. The van der Waals surface area contributed by atoms with Crippen molar-refractivity contribution in [2.45, 2.75) is 13.0 Å². The van der Waals surface area contributed by atoms with Crippen molar-refractivity contribution in [2.24, 2.45) is 5.10 Å². The first kappa shape index (κ1) is 19.0. The lowest BCUT2D eigenvalue weighted by Crippen LogP contribution is -2.23. The molecule has 1 amide bonds. The van der Waals surface area contributed by atoms with E-state index < -0.39 is 18.0 Å². The van der Waals surface area contributed by atoms with Crippen molar-refractivity contribution in [3.63, 3.8) is 0 Å². The number of methoxy groups -OCH3 is 1. The zero-order chi connectivity index (χ0) is 20.1. The van der Waals surface area contributed by atoms with Crippen LogP contribution in [0.5, 0.6) is 11.5 Å². The molecule has 0 radical (unpaired) electrons. The molecule has 28 heavy (non-hydrogen) atoms. The lowest BCUT2D eigenvalue weighted by molar-refractivity contribution is -0.144. The Balaban J connectivity index is 1.77. The van der Waals surface area contributed by atoms with E-state index in [4.69, 9.17) is 19.0 Å². The van der Waals surface area contributed by atoms with Crippen molar-refractivity contribution >= 4 is 29.1 Å². The monoisotopic (exact) mass is 382 g/mol. The van der Waals surface area contributed by atoms with E-state index in [1.165, 1.54) is 20.2 Å². The van der Waals surface area contributed by atoms with Crippen molar-refractivity contribution in [3.8, 4) is 11.5 Å². The van der Waals surface area contributed by atoms with Crippen LogP contribution in [0.1, 0.15) is 23.0 Å². The molecule has 1 heterocycles. The molecule has 0 aliphatic carbocycles. The summed E-state index contributed by atoms with van der Waals surface area (Å²) in [6, 6.07) is 13.9. The molecule has 0 saturated heterocycles. The van der Waals surface area contributed by atoms with Gasteiger partial charge in [0.1, 0.15) is 5.58 Å². The van der Waals surface area contributed by atoms with E-state index in [1.807, 2.05) is 18.2 Å². The highest BCUT2D eigenvalue weighted by atomic mass is 16.5. The number of hydrogen-bond acceptors (Lipinski definition) is 6. The van der Waals surface area contributed by atoms with Crippen LogP contribution in [0.4, 0.5) is 0 Å². The molecule has 3 rings (SSSR count). The summed E-state index contributed by atoms with van der Waals surface area (Å²) in [6.45, 7) is 1.40. The fourth-order valence-electron chi connectivity index (χ4n) is 2.46. The predicted molar refractivity (Wildman–Crippen MR) is 102 cm³/mol. The maximum absolute atomic E-state index is 12.2. The predicted octanol–water partition coefficient (Wildman–Crippen LogP) is 3.06. The number of furan rings is 1. The van der Waals surface area contributed by atoms with Gasteiger partial charge in [-0.25, -0.2) is 10.2 Å². The number of nitrogens with zero attached hydrogens (tertiary/aromatic N) is 1. The summed E-state index contributed by atoms with van der Waals surface area (Å²) in [5.74, 6) is -0.953. The summed E-state index contributed by atoms with van der Waals surface area (Å²) in [5.41, 5.74) is 3.42. The van der Waals surface area contributed by atoms with Gasteiger partial charge >= 0.3 is 11.9 Å². The number of amides is 1. The summed E-state index contributed by atoms with van der Waals surface area (Å²) < 4.78 is 16.2. The van der Waals surface area contributed by atoms with Gasteiger partial charge < -0.3 is 19.0 Å². The number of carbonyl (C=O) groups excluding carboxylic acids is 1. The van der Waals surface area contributed by atoms with Crippen LogP contribution in [-0.2, 0) is 4.79 Å². The molecule has 2 aromatic carbocycles. The minimum Gasteiger partial charge on any atom is -0.493 e. The summed E-state index contributed by atoms with van der Waals surface area (Å²) in [7, 11) is 1.44. The van der Waals surface area contributed by atoms with Crippen molar-refractivity contribution < 1.29 is 28.6 Å². The van der Waals surface area contributed by atoms with Gasteiger partial charge in [0.15, 0.2) is 23.4 Å². The molecular weight excluding hydrogens is 364 g/mol. The van der Waals surface area contributed by atoms with E-state index in [9.17, 15) is 9.59 Å². The molecule has 1 aromatic heterocycles. The number of benzene rings is 2. The quantitative estimate of drug-likeness (QED) is 0.480. The fraction of sp³-hybridized carbons (Fsp3) is 0.150. The Morgan fingerprint density at radius 2 is 2.00 bits per heavy atom. The van der Waals surface area contributed by atoms with Gasteiger partial charge in [-0.1, -0.05) is 24.3 Å². The summed E-state index contributed by atoms with van der Waals surface area (Å²) in [4.78, 5) is 23.3. The number of nitrogens with one attached hydrogen (secondary N) is 1. The van der Waals surface area contributed by atoms with Crippen molar-refractivity contribution in [1.82, 2.24) is 5.43 Å². The minimum absolute atomic E-state index is 0.125. The average Bonchev–Trinajstić information content (AvgIpc) is 3.13. The lowest BCUT2D eigenvalue weighted by Gasteiger charge is -2.15. The van der Waals surface area contributed by atoms with Crippen LogP contribution in [0.3, 0.4) is 0 Å². The first-order valence-corrected chi connectivity index (χ1v) is 8.38. The molecule has 144 valence electrons. The zero-order valence-electron chi connectivity index (χ0n) is 15.2. The number of rotatable bonds is 7. The maximum atomic E-state index is 12.2. The first-order chi connectivity index (χ1) is 13.5. The SMILES string of the molecule is COc1cccc(/C=N/NC(=O)c2cc3ccccc3o2)c1O[C@@H](C)C(=O)O.